The summed E-state index contributed by atoms with van der Waals surface area (Å²) < 4.78 is 16.7. The second-order valence-corrected chi connectivity index (χ2v) is 7.05. The van der Waals surface area contributed by atoms with Gasteiger partial charge in [0.15, 0.2) is 18.1 Å². The van der Waals surface area contributed by atoms with E-state index in [2.05, 4.69) is 0 Å². The minimum atomic E-state index is -1.07. The van der Waals surface area contributed by atoms with Gasteiger partial charge in [-0.2, -0.15) is 0 Å². The second-order valence-electron chi connectivity index (χ2n) is 7.05. The van der Waals surface area contributed by atoms with Gasteiger partial charge in [0.25, 0.3) is 5.91 Å². The molecule has 1 amide bonds. The number of amides is 1. The van der Waals surface area contributed by atoms with Crippen molar-refractivity contribution in [3.05, 3.63) is 23.8 Å². The van der Waals surface area contributed by atoms with Crippen LogP contribution in [0.2, 0.25) is 0 Å². The summed E-state index contributed by atoms with van der Waals surface area (Å²) >= 11 is 0. The summed E-state index contributed by atoms with van der Waals surface area (Å²) in [5.74, 6) is 0.338. The van der Waals surface area contributed by atoms with Gasteiger partial charge in [-0.25, -0.2) is 4.79 Å². The summed E-state index contributed by atoms with van der Waals surface area (Å²) in [6, 6.07) is 4.86. The molecule has 1 heterocycles. The number of piperidine rings is 1. The number of benzene rings is 1. The van der Waals surface area contributed by atoms with Crippen LogP contribution in [0.25, 0.3) is 0 Å². The minimum absolute atomic E-state index is 0.0543. The average molecular weight is 377 g/mol. The van der Waals surface area contributed by atoms with Crippen LogP contribution < -0.4 is 9.47 Å². The summed E-state index contributed by atoms with van der Waals surface area (Å²) in [6.07, 6.45) is 4.53. The minimum Gasteiger partial charge on any atom is -0.490 e. The highest BCUT2D eigenvalue weighted by Gasteiger charge is 2.27. The number of hydrogen-bond acceptors (Lipinski definition) is 5. The van der Waals surface area contributed by atoms with Crippen LogP contribution in [-0.2, 0) is 9.53 Å². The first kappa shape index (κ1) is 19.5. The van der Waals surface area contributed by atoms with E-state index in [-0.39, 0.29) is 12.0 Å². The number of likely N-dealkylation sites (tertiary alicyclic amines) is 1. The maximum Gasteiger partial charge on any atom is 0.341 e. The molecule has 1 aromatic carbocycles. The van der Waals surface area contributed by atoms with Gasteiger partial charge >= 0.3 is 5.97 Å². The molecule has 1 aliphatic carbocycles. The summed E-state index contributed by atoms with van der Waals surface area (Å²) in [5.41, 5.74) is 0.512. The van der Waals surface area contributed by atoms with Crippen molar-refractivity contribution >= 4 is 11.9 Å². The molecule has 1 saturated carbocycles. The van der Waals surface area contributed by atoms with Gasteiger partial charge in [-0.3, -0.25) is 4.79 Å². The topological polar surface area (TPSA) is 85.3 Å². The van der Waals surface area contributed by atoms with Crippen molar-refractivity contribution in [1.29, 1.82) is 0 Å². The third-order valence-electron chi connectivity index (χ3n) is 4.84. The van der Waals surface area contributed by atoms with Crippen LogP contribution in [0.3, 0.4) is 0 Å². The van der Waals surface area contributed by atoms with Gasteiger partial charge in [-0.05, 0) is 56.7 Å². The van der Waals surface area contributed by atoms with E-state index in [0.717, 1.165) is 25.4 Å². The molecule has 1 aliphatic heterocycles. The van der Waals surface area contributed by atoms with Crippen molar-refractivity contribution in [2.24, 2.45) is 5.92 Å². The van der Waals surface area contributed by atoms with E-state index in [4.69, 9.17) is 19.3 Å². The Morgan fingerprint density at radius 2 is 1.85 bits per heavy atom. The number of hydrogen-bond donors (Lipinski definition) is 1. The van der Waals surface area contributed by atoms with Crippen molar-refractivity contribution in [2.45, 2.75) is 38.7 Å². The summed E-state index contributed by atoms with van der Waals surface area (Å²) in [6.45, 7) is 3.97. The van der Waals surface area contributed by atoms with E-state index in [0.29, 0.717) is 36.8 Å². The van der Waals surface area contributed by atoms with Crippen molar-refractivity contribution in [1.82, 2.24) is 4.90 Å². The molecule has 1 saturated heterocycles. The predicted octanol–water partition coefficient (Wildman–Crippen LogP) is 2.58. The van der Waals surface area contributed by atoms with Crippen LogP contribution in [-0.4, -0.2) is 60.9 Å². The zero-order valence-electron chi connectivity index (χ0n) is 15.7. The van der Waals surface area contributed by atoms with Gasteiger partial charge < -0.3 is 24.2 Å². The van der Waals surface area contributed by atoms with Gasteiger partial charge in [0.05, 0.1) is 12.7 Å². The summed E-state index contributed by atoms with van der Waals surface area (Å²) in [5, 5.41) is 8.77. The summed E-state index contributed by atoms with van der Waals surface area (Å²) in [7, 11) is 0. The van der Waals surface area contributed by atoms with E-state index in [1.807, 2.05) is 11.8 Å². The van der Waals surface area contributed by atoms with Crippen molar-refractivity contribution in [2.75, 3.05) is 32.9 Å². The third kappa shape index (κ3) is 5.60. The maximum atomic E-state index is 12.8. The van der Waals surface area contributed by atoms with E-state index < -0.39 is 12.6 Å². The first-order chi connectivity index (χ1) is 13.1. The number of aliphatic carboxylic acids is 1. The van der Waals surface area contributed by atoms with Crippen LogP contribution >= 0.6 is 0 Å². The average Bonchev–Trinajstić information content (AvgIpc) is 3.50. The Hall–Kier alpha value is -2.28. The number of rotatable bonds is 9. The molecule has 2 aliphatic rings. The largest absolute Gasteiger partial charge is 0.490 e. The van der Waals surface area contributed by atoms with Crippen molar-refractivity contribution < 1.29 is 28.9 Å². The van der Waals surface area contributed by atoms with Crippen LogP contribution in [0.15, 0.2) is 18.2 Å². The van der Waals surface area contributed by atoms with Gasteiger partial charge in [0.2, 0.25) is 0 Å². The van der Waals surface area contributed by atoms with Crippen LogP contribution in [0.1, 0.15) is 43.0 Å². The highest BCUT2D eigenvalue weighted by Crippen LogP contribution is 2.31. The zero-order valence-corrected chi connectivity index (χ0v) is 15.7. The second kappa shape index (κ2) is 9.08. The molecule has 3 rings (SSSR count). The predicted molar refractivity (Wildman–Crippen MR) is 98.3 cm³/mol. The number of carboxylic acid groups (broad SMARTS) is 1. The molecule has 148 valence electrons. The third-order valence-corrected chi connectivity index (χ3v) is 4.84. The van der Waals surface area contributed by atoms with Gasteiger partial charge in [0, 0.05) is 25.3 Å². The van der Waals surface area contributed by atoms with Crippen LogP contribution in [0.5, 0.6) is 11.5 Å². The zero-order chi connectivity index (χ0) is 19.2. The molecule has 0 radical (unpaired) electrons. The smallest absolute Gasteiger partial charge is 0.341 e. The molecule has 27 heavy (non-hydrogen) atoms. The van der Waals surface area contributed by atoms with Gasteiger partial charge in [-0.15, -0.1) is 0 Å². The fourth-order valence-electron chi connectivity index (χ4n) is 3.13. The molecule has 0 spiro atoms. The Balaban J connectivity index is 1.58. The van der Waals surface area contributed by atoms with Crippen LogP contribution in [0, 0.1) is 5.92 Å². The molecule has 0 atom stereocenters. The van der Waals surface area contributed by atoms with E-state index in [1.54, 1.807) is 18.2 Å². The van der Waals surface area contributed by atoms with E-state index in [9.17, 15) is 9.59 Å². The summed E-state index contributed by atoms with van der Waals surface area (Å²) in [4.78, 5) is 25.3. The fraction of sp³-hybridized carbons (Fsp3) is 0.600. The van der Waals surface area contributed by atoms with E-state index in [1.165, 1.54) is 12.8 Å². The Labute approximate surface area is 159 Å². The standard InChI is InChI=1S/C20H27NO6/c1-2-25-18-11-15(5-6-17(18)27-13-19(22)23)20(24)21-9-7-16(8-10-21)26-12-14-3-4-14/h5-6,11,14,16H,2-4,7-10,12-13H2,1H3,(H,22,23). The molecule has 7 heteroatoms. The van der Waals surface area contributed by atoms with Gasteiger partial charge in [-0.1, -0.05) is 0 Å². The molecular formula is C20H27NO6. The SMILES string of the molecule is CCOc1cc(C(=O)N2CCC(OCC3CC3)CC2)ccc1OCC(=O)O. The Kier molecular flexibility index (Phi) is 6.55. The van der Waals surface area contributed by atoms with E-state index >= 15 is 0 Å². The normalized spacial score (nSPS) is 17.6. The lowest BCUT2D eigenvalue weighted by Crippen LogP contribution is -2.41. The molecule has 7 nitrogen and oxygen atoms in total. The molecule has 2 fully saturated rings. The maximum absolute atomic E-state index is 12.8. The molecule has 1 N–H and O–H groups in total. The molecule has 0 bridgehead atoms. The van der Waals surface area contributed by atoms with Crippen molar-refractivity contribution in [3.8, 4) is 11.5 Å². The van der Waals surface area contributed by atoms with Gasteiger partial charge in [0.1, 0.15) is 0 Å². The van der Waals surface area contributed by atoms with Crippen LogP contribution in [0.4, 0.5) is 0 Å². The quantitative estimate of drug-likeness (QED) is 0.712. The number of carbonyl (C=O) groups excluding carboxylic acids is 1. The Morgan fingerprint density at radius 3 is 2.48 bits per heavy atom. The molecular weight excluding hydrogens is 350 g/mol. The Bertz CT molecular complexity index is 664. The Morgan fingerprint density at radius 1 is 1.11 bits per heavy atom. The number of ether oxygens (including phenoxy) is 3. The number of carboxylic acids is 1. The highest BCUT2D eigenvalue weighted by atomic mass is 16.5. The lowest BCUT2D eigenvalue weighted by atomic mass is 10.1. The first-order valence-corrected chi connectivity index (χ1v) is 9.59. The molecule has 0 unspecified atom stereocenters. The monoisotopic (exact) mass is 377 g/mol. The number of carbonyl (C=O) groups is 2. The number of nitrogens with zero attached hydrogens (tertiary/aromatic N) is 1. The fourth-order valence-corrected chi connectivity index (χ4v) is 3.13. The lowest BCUT2D eigenvalue weighted by molar-refractivity contribution is -0.139. The highest BCUT2D eigenvalue weighted by molar-refractivity contribution is 5.95. The molecule has 1 aromatic rings. The van der Waals surface area contributed by atoms with Crippen molar-refractivity contribution in [3.63, 3.8) is 0 Å². The lowest BCUT2D eigenvalue weighted by Gasteiger charge is -2.32. The first-order valence-electron chi connectivity index (χ1n) is 9.59. The molecule has 0 aromatic heterocycles.